The number of hydrogen-bond donors (Lipinski definition) is 1. The predicted molar refractivity (Wildman–Crippen MR) is 62.9 cm³/mol. The minimum Gasteiger partial charge on any atom is -0.301 e. The Morgan fingerprint density at radius 3 is 2.44 bits per heavy atom. The molecule has 0 aliphatic rings. The lowest BCUT2D eigenvalue weighted by molar-refractivity contribution is -0.138. The highest BCUT2D eigenvalue weighted by molar-refractivity contribution is 5.33. The Morgan fingerprint density at radius 1 is 1.28 bits per heavy atom. The maximum Gasteiger partial charge on any atom is 0.416 e. The monoisotopic (exact) mass is 256 g/mol. The van der Waals surface area contributed by atoms with Gasteiger partial charge in [0.05, 0.1) is 18.2 Å². The fourth-order valence-electron chi connectivity index (χ4n) is 1.80. The zero-order chi connectivity index (χ0) is 13.8. The van der Waals surface area contributed by atoms with Gasteiger partial charge >= 0.3 is 6.18 Å². The first kappa shape index (κ1) is 14.5. The lowest BCUT2D eigenvalue weighted by Crippen LogP contribution is -2.32. The zero-order valence-electron chi connectivity index (χ0n) is 10.3. The first-order chi connectivity index (χ1) is 8.38. The topological polar surface area (TPSA) is 35.8 Å². The molecule has 0 heterocycles. The molecule has 0 aliphatic heterocycles. The van der Waals surface area contributed by atoms with Crippen LogP contribution in [0, 0.1) is 11.3 Å². The molecule has 0 fully saturated rings. The average molecular weight is 256 g/mol. The Hall–Kier alpha value is -1.54. The quantitative estimate of drug-likeness (QED) is 0.839. The van der Waals surface area contributed by atoms with E-state index in [2.05, 4.69) is 5.32 Å². The highest BCUT2D eigenvalue weighted by Crippen LogP contribution is 2.35. The predicted octanol–water partition coefficient (Wildman–Crippen LogP) is 3.31. The normalized spacial score (nSPS) is 14.9. The van der Waals surface area contributed by atoms with Crippen LogP contribution in [0.1, 0.15) is 30.9 Å². The maximum absolute atomic E-state index is 12.9. The number of nitriles is 1. The summed E-state index contributed by atoms with van der Waals surface area (Å²) in [6, 6.07) is 7.26. The van der Waals surface area contributed by atoms with E-state index in [1.54, 1.807) is 19.9 Å². The molecule has 0 aromatic heterocycles. The molecule has 0 saturated heterocycles. The standard InChI is InChI=1S/C13H15F3N2/c1-9(10(2)18-8-7-17)11-5-3-4-6-12(11)13(14,15)16/h3-6,9-10,18H,8H2,1-2H3/t9-,10+/m1/s1. The van der Waals surface area contributed by atoms with Crippen molar-refractivity contribution in [2.75, 3.05) is 6.54 Å². The minimum atomic E-state index is -4.35. The molecular weight excluding hydrogens is 241 g/mol. The van der Waals surface area contributed by atoms with Crippen LogP contribution >= 0.6 is 0 Å². The fraction of sp³-hybridized carbons (Fsp3) is 0.462. The molecule has 98 valence electrons. The van der Waals surface area contributed by atoms with Crippen molar-refractivity contribution >= 4 is 0 Å². The molecule has 2 atom stereocenters. The van der Waals surface area contributed by atoms with Crippen molar-refractivity contribution in [1.29, 1.82) is 5.26 Å². The van der Waals surface area contributed by atoms with Gasteiger partial charge in [0.15, 0.2) is 0 Å². The molecule has 1 aromatic rings. The molecule has 0 amide bonds. The van der Waals surface area contributed by atoms with Crippen LogP contribution in [0.3, 0.4) is 0 Å². The number of benzene rings is 1. The van der Waals surface area contributed by atoms with Crippen LogP contribution in [0.4, 0.5) is 13.2 Å². The maximum atomic E-state index is 12.9. The minimum absolute atomic E-state index is 0.125. The van der Waals surface area contributed by atoms with Crippen LogP contribution in [-0.2, 0) is 6.18 Å². The Kier molecular flexibility index (Phi) is 4.74. The van der Waals surface area contributed by atoms with E-state index < -0.39 is 11.7 Å². The van der Waals surface area contributed by atoms with Gasteiger partial charge < -0.3 is 5.32 Å². The first-order valence-corrected chi connectivity index (χ1v) is 5.64. The summed E-state index contributed by atoms with van der Waals surface area (Å²) >= 11 is 0. The molecule has 1 aromatic carbocycles. The molecule has 0 bridgehead atoms. The van der Waals surface area contributed by atoms with Crippen molar-refractivity contribution in [3.63, 3.8) is 0 Å². The molecule has 1 rings (SSSR count). The summed E-state index contributed by atoms with van der Waals surface area (Å²) in [7, 11) is 0. The molecular formula is C13H15F3N2. The summed E-state index contributed by atoms with van der Waals surface area (Å²) in [5, 5.41) is 11.3. The summed E-state index contributed by atoms with van der Waals surface area (Å²) in [6.07, 6.45) is -4.35. The molecule has 5 heteroatoms. The third-order valence-corrected chi connectivity index (χ3v) is 3.01. The van der Waals surface area contributed by atoms with Gasteiger partial charge in [-0.3, -0.25) is 0 Å². The first-order valence-electron chi connectivity index (χ1n) is 5.64. The average Bonchev–Trinajstić information content (AvgIpc) is 2.34. The van der Waals surface area contributed by atoms with E-state index in [1.165, 1.54) is 12.1 Å². The molecule has 2 nitrogen and oxygen atoms in total. The van der Waals surface area contributed by atoms with E-state index in [1.807, 2.05) is 6.07 Å². The third kappa shape index (κ3) is 3.47. The van der Waals surface area contributed by atoms with Gasteiger partial charge in [-0.25, -0.2) is 0 Å². The van der Waals surface area contributed by atoms with Crippen LogP contribution in [-0.4, -0.2) is 12.6 Å². The number of halogens is 3. The molecule has 0 unspecified atom stereocenters. The number of nitrogens with zero attached hydrogens (tertiary/aromatic N) is 1. The second kappa shape index (κ2) is 5.87. The summed E-state index contributed by atoms with van der Waals surface area (Å²) in [6.45, 7) is 3.62. The van der Waals surface area contributed by atoms with Gasteiger partial charge in [0, 0.05) is 6.04 Å². The molecule has 18 heavy (non-hydrogen) atoms. The van der Waals surface area contributed by atoms with Gasteiger partial charge in [-0.05, 0) is 24.5 Å². The zero-order valence-corrected chi connectivity index (χ0v) is 10.3. The lowest BCUT2D eigenvalue weighted by atomic mass is 9.90. The molecule has 0 saturated carbocycles. The Bertz CT molecular complexity index is 435. The van der Waals surface area contributed by atoms with Gasteiger partial charge in [-0.2, -0.15) is 18.4 Å². The van der Waals surface area contributed by atoms with Crippen molar-refractivity contribution in [3.8, 4) is 6.07 Å². The van der Waals surface area contributed by atoms with Gasteiger partial charge in [-0.1, -0.05) is 25.1 Å². The SMILES string of the molecule is C[C@H](NCC#N)[C@@H](C)c1ccccc1C(F)(F)F. The summed E-state index contributed by atoms with van der Waals surface area (Å²) in [5.41, 5.74) is -0.356. The van der Waals surface area contributed by atoms with Crippen molar-refractivity contribution < 1.29 is 13.2 Å². The van der Waals surface area contributed by atoms with Gasteiger partial charge in [-0.15, -0.1) is 0 Å². The smallest absolute Gasteiger partial charge is 0.301 e. The van der Waals surface area contributed by atoms with Crippen LogP contribution in [0.25, 0.3) is 0 Å². The fourth-order valence-corrected chi connectivity index (χ4v) is 1.80. The Labute approximate surface area is 104 Å². The summed E-state index contributed by atoms with van der Waals surface area (Å²) in [4.78, 5) is 0. The Morgan fingerprint density at radius 2 is 1.89 bits per heavy atom. The van der Waals surface area contributed by atoms with Gasteiger partial charge in [0.1, 0.15) is 0 Å². The number of rotatable bonds is 4. The van der Waals surface area contributed by atoms with E-state index in [0.29, 0.717) is 0 Å². The van der Waals surface area contributed by atoms with Crippen LogP contribution in [0.5, 0.6) is 0 Å². The van der Waals surface area contributed by atoms with Crippen LogP contribution in [0.15, 0.2) is 24.3 Å². The summed E-state index contributed by atoms with van der Waals surface area (Å²) < 4.78 is 38.6. The van der Waals surface area contributed by atoms with E-state index in [4.69, 9.17) is 5.26 Å². The summed E-state index contributed by atoms with van der Waals surface area (Å²) in [5.74, 6) is -0.323. The second-order valence-corrected chi connectivity index (χ2v) is 4.20. The molecule has 0 spiro atoms. The highest BCUT2D eigenvalue weighted by Gasteiger charge is 2.34. The number of alkyl halides is 3. The van der Waals surface area contributed by atoms with E-state index in [-0.39, 0.29) is 24.1 Å². The van der Waals surface area contributed by atoms with Gasteiger partial charge in [0.2, 0.25) is 0 Å². The van der Waals surface area contributed by atoms with Crippen molar-refractivity contribution in [1.82, 2.24) is 5.32 Å². The van der Waals surface area contributed by atoms with Crippen molar-refractivity contribution in [2.45, 2.75) is 32.0 Å². The molecule has 0 aliphatic carbocycles. The van der Waals surface area contributed by atoms with E-state index in [9.17, 15) is 13.2 Å². The second-order valence-electron chi connectivity index (χ2n) is 4.20. The molecule has 0 radical (unpaired) electrons. The number of hydrogen-bond acceptors (Lipinski definition) is 2. The van der Waals surface area contributed by atoms with E-state index in [0.717, 1.165) is 6.07 Å². The largest absolute Gasteiger partial charge is 0.416 e. The third-order valence-electron chi connectivity index (χ3n) is 3.01. The number of nitrogens with one attached hydrogen (secondary N) is 1. The van der Waals surface area contributed by atoms with Crippen molar-refractivity contribution in [2.24, 2.45) is 0 Å². The van der Waals surface area contributed by atoms with Crippen molar-refractivity contribution in [3.05, 3.63) is 35.4 Å². The highest BCUT2D eigenvalue weighted by atomic mass is 19.4. The molecule has 1 N–H and O–H groups in total. The lowest BCUT2D eigenvalue weighted by Gasteiger charge is -2.23. The van der Waals surface area contributed by atoms with Crippen LogP contribution < -0.4 is 5.32 Å². The van der Waals surface area contributed by atoms with Gasteiger partial charge in [0.25, 0.3) is 0 Å². The Balaban J connectivity index is 2.99. The van der Waals surface area contributed by atoms with E-state index >= 15 is 0 Å². The van der Waals surface area contributed by atoms with Crippen LogP contribution in [0.2, 0.25) is 0 Å².